The van der Waals surface area contributed by atoms with E-state index in [4.69, 9.17) is 9.84 Å². The second-order valence-corrected chi connectivity index (χ2v) is 5.94. The van der Waals surface area contributed by atoms with Crippen LogP contribution in [0.5, 0.6) is 0 Å². The van der Waals surface area contributed by atoms with Crippen LogP contribution in [0.3, 0.4) is 0 Å². The van der Waals surface area contributed by atoms with Crippen molar-refractivity contribution < 1.29 is 19.4 Å². The Morgan fingerprint density at radius 2 is 2.10 bits per heavy atom. The normalized spacial score (nSPS) is 18.6. The topological polar surface area (TPSA) is 84.7 Å². The molecular formula is C13H19N3O4. The average Bonchev–Trinajstić information content (AvgIpc) is 2.70. The molecule has 1 aliphatic rings. The van der Waals surface area contributed by atoms with E-state index in [-0.39, 0.29) is 18.3 Å². The molecule has 1 unspecified atom stereocenters. The fourth-order valence-corrected chi connectivity index (χ4v) is 2.27. The van der Waals surface area contributed by atoms with Crippen LogP contribution in [0, 0.1) is 0 Å². The van der Waals surface area contributed by atoms with Crippen molar-refractivity contribution in [2.45, 2.75) is 45.9 Å². The van der Waals surface area contributed by atoms with Gasteiger partial charge in [0.2, 0.25) is 0 Å². The maximum atomic E-state index is 12.1. The second-order valence-electron chi connectivity index (χ2n) is 5.94. The number of aromatic carboxylic acids is 1. The maximum Gasteiger partial charge on any atom is 0.410 e. The zero-order valence-corrected chi connectivity index (χ0v) is 12.1. The van der Waals surface area contributed by atoms with E-state index in [1.54, 1.807) is 9.47 Å². The van der Waals surface area contributed by atoms with Crippen LogP contribution < -0.4 is 0 Å². The average molecular weight is 281 g/mol. The number of carbonyl (C=O) groups excluding carboxylic acids is 1. The largest absolute Gasteiger partial charge is 0.477 e. The van der Waals surface area contributed by atoms with Crippen LogP contribution in [0.15, 0.2) is 6.20 Å². The lowest BCUT2D eigenvalue weighted by Gasteiger charge is -2.34. The van der Waals surface area contributed by atoms with Crippen LogP contribution in [0.25, 0.3) is 0 Å². The number of aromatic nitrogens is 2. The highest BCUT2D eigenvalue weighted by molar-refractivity contribution is 5.85. The summed E-state index contributed by atoms with van der Waals surface area (Å²) in [4.78, 5) is 28.8. The molecule has 0 saturated heterocycles. The Morgan fingerprint density at radius 1 is 1.45 bits per heavy atom. The van der Waals surface area contributed by atoms with Crippen molar-refractivity contribution in [1.29, 1.82) is 0 Å². The Morgan fingerprint density at radius 3 is 2.65 bits per heavy atom. The van der Waals surface area contributed by atoms with Crippen LogP contribution in [-0.2, 0) is 11.3 Å². The zero-order chi connectivity index (χ0) is 15.1. The molecule has 1 atom stereocenters. The second kappa shape index (κ2) is 4.81. The van der Waals surface area contributed by atoms with Gasteiger partial charge in [0, 0.05) is 6.54 Å². The first-order chi connectivity index (χ1) is 9.19. The van der Waals surface area contributed by atoms with Crippen LogP contribution >= 0.6 is 0 Å². The third-order valence-corrected chi connectivity index (χ3v) is 3.00. The Bertz CT molecular complexity index is 544. The molecule has 0 fully saturated rings. The number of hydrogen-bond acceptors (Lipinski definition) is 4. The van der Waals surface area contributed by atoms with E-state index in [1.165, 1.54) is 6.20 Å². The summed E-state index contributed by atoms with van der Waals surface area (Å²) in [6.07, 6.45) is 0.919. The zero-order valence-electron chi connectivity index (χ0n) is 12.1. The molecule has 1 amide bonds. The smallest absolute Gasteiger partial charge is 0.410 e. The molecule has 0 bridgehead atoms. The summed E-state index contributed by atoms with van der Waals surface area (Å²) >= 11 is 0. The van der Waals surface area contributed by atoms with Gasteiger partial charge in [-0.25, -0.2) is 14.6 Å². The first kappa shape index (κ1) is 14.4. The summed E-state index contributed by atoms with van der Waals surface area (Å²) in [5.74, 6) is -0.451. The first-order valence-electron chi connectivity index (χ1n) is 6.46. The number of carbonyl (C=O) groups is 2. The van der Waals surface area contributed by atoms with E-state index in [0.717, 1.165) is 0 Å². The Balaban J connectivity index is 2.20. The highest BCUT2D eigenvalue weighted by Crippen LogP contribution is 2.24. The van der Waals surface area contributed by atoms with E-state index in [0.29, 0.717) is 12.4 Å². The molecule has 1 N–H and O–H groups in total. The molecule has 0 aromatic carbocycles. The minimum atomic E-state index is -1.01. The molecule has 1 aliphatic heterocycles. The van der Waals surface area contributed by atoms with Gasteiger partial charge in [-0.05, 0) is 27.7 Å². The summed E-state index contributed by atoms with van der Waals surface area (Å²) in [5.41, 5.74) is -0.407. The van der Waals surface area contributed by atoms with Gasteiger partial charge < -0.3 is 14.4 Å². The van der Waals surface area contributed by atoms with Crippen molar-refractivity contribution in [2.75, 3.05) is 6.54 Å². The number of carboxylic acids is 1. The fourth-order valence-electron chi connectivity index (χ4n) is 2.27. The third kappa shape index (κ3) is 2.76. The molecule has 0 radical (unpaired) electrons. The quantitative estimate of drug-likeness (QED) is 0.849. The number of imidazole rings is 1. The number of ether oxygens (including phenoxy) is 1. The number of rotatable bonds is 1. The molecule has 2 heterocycles. The van der Waals surface area contributed by atoms with E-state index in [2.05, 4.69) is 4.98 Å². The minimum Gasteiger partial charge on any atom is -0.477 e. The molecule has 7 nitrogen and oxygen atoms in total. The number of nitrogens with zero attached hydrogens (tertiary/aromatic N) is 3. The molecule has 1 aromatic rings. The first-order valence-corrected chi connectivity index (χ1v) is 6.46. The lowest BCUT2D eigenvalue weighted by molar-refractivity contribution is 0.0168. The molecule has 0 aliphatic carbocycles. The van der Waals surface area contributed by atoms with Crippen LogP contribution in [0.4, 0.5) is 4.79 Å². The van der Waals surface area contributed by atoms with Crippen LogP contribution in [0.1, 0.15) is 50.0 Å². The highest BCUT2D eigenvalue weighted by atomic mass is 16.6. The Hall–Kier alpha value is -2.05. The summed E-state index contributed by atoms with van der Waals surface area (Å²) in [5, 5.41) is 9.11. The minimum absolute atomic E-state index is 0.149. The third-order valence-electron chi connectivity index (χ3n) is 3.00. The molecule has 7 heteroatoms. The molecule has 1 aromatic heterocycles. The molecule has 0 saturated carbocycles. The standard InChI is InChI=1S/C13H19N3O4/c1-8-6-15(12(19)20-13(2,3)4)7-10-14-5-9(11(17)18)16(8)10/h5,8H,6-7H2,1-4H3,(H,17,18). The summed E-state index contributed by atoms with van der Waals surface area (Å²) in [6.45, 7) is 7.94. The van der Waals surface area contributed by atoms with Crippen molar-refractivity contribution >= 4 is 12.1 Å². The Kier molecular flexibility index (Phi) is 3.45. The monoisotopic (exact) mass is 281 g/mol. The van der Waals surface area contributed by atoms with Crippen molar-refractivity contribution in [3.63, 3.8) is 0 Å². The molecule has 2 rings (SSSR count). The van der Waals surface area contributed by atoms with Crippen molar-refractivity contribution in [3.05, 3.63) is 17.7 Å². The van der Waals surface area contributed by atoms with Crippen molar-refractivity contribution in [3.8, 4) is 0 Å². The molecule has 0 spiro atoms. The molecular weight excluding hydrogens is 262 g/mol. The maximum absolute atomic E-state index is 12.1. The summed E-state index contributed by atoms with van der Waals surface area (Å²) < 4.78 is 6.98. The lowest BCUT2D eigenvalue weighted by Crippen LogP contribution is -2.43. The van der Waals surface area contributed by atoms with Gasteiger partial charge in [-0.2, -0.15) is 0 Å². The van der Waals surface area contributed by atoms with Crippen molar-refractivity contribution in [1.82, 2.24) is 14.5 Å². The van der Waals surface area contributed by atoms with E-state index >= 15 is 0 Å². The van der Waals surface area contributed by atoms with Gasteiger partial charge in [0.05, 0.1) is 18.8 Å². The SMILES string of the molecule is CC1CN(C(=O)OC(C)(C)C)Cc2ncc(C(=O)O)n21. The van der Waals surface area contributed by atoms with E-state index in [1.807, 2.05) is 27.7 Å². The van der Waals surface area contributed by atoms with Gasteiger partial charge in [0.15, 0.2) is 0 Å². The number of amides is 1. The summed E-state index contributed by atoms with van der Waals surface area (Å²) in [7, 11) is 0. The van der Waals surface area contributed by atoms with Crippen LogP contribution in [0.2, 0.25) is 0 Å². The van der Waals surface area contributed by atoms with Gasteiger partial charge in [-0.3, -0.25) is 4.90 Å². The summed E-state index contributed by atoms with van der Waals surface area (Å²) in [6, 6.07) is -0.153. The van der Waals surface area contributed by atoms with Gasteiger partial charge in [-0.1, -0.05) is 0 Å². The molecule has 20 heavy (non-hydrogen) atoms. The number of hydrogen-bond donors (Lipinski definition) is 1. The van der Waals surface area contributed by atoms with E-state index in [9.17, 15) is 9.59 Å². The van der Waals surface area contributed by atoms with Gasteiger partial charge in [0.25, 0.3) is 0 Å². The lowest BCUT2D eigenvalue weighted by atomic mass is 10.2. The van der Waals surface area contributed by atoms with Gasteiger partial charge in [-0.15, -0.1) is 0 Å². The predicted molar refractivity (Wildman–Crippen MR) is 70.5 cm³/mol. The number of carboxylic acid groups (broad SMARTS) is 1. The van der Waals surface area contributed by atoms with Crippen molar-refractivity contribution in [2.24, 2.45) is 0 Å². The van der Waals surface area contributed by atoms with Gasteiger partial charge in [0.1, 0.15) is 17.1 Å². The van der Waals surface area contributed by atoms with Gasteiger partial charge >= 0.3 is 12.1 Å². The fraction of sp³-hybridized carbons (Fsp3) is 0.615. The Labute approximate surface area is 117 Å². The predicted octanol–water partition coefficient (Wildman–Crippen LogP) is 1.89. The van der Waals surface area contributed by atoms with E-state index < -0.39 is 17.7 Å². The number of fused-ring (bicyclic) bond motifs is 1. The highest BCUT2D eigenvalue weighted by Gasteiger charge is 2.32. The van der Waals surface area contributed by atoms with Crippen LogP contribution in [-0.4, -0.2) is 43.8 Å². The molecule has 110 valence electrons.